The smallest absolute Gasteiger partial charge is 0.347 e. The maximum atomic E-state index is 15.6. The number of hydrogen-bond acceptors (Lipinski definition) is 12. The molecule has 0 aromatic heterocycles. The molecule has 3 unspecified atom stereocenters. The van der Waals surface area contributed by atoms with Gasteiger partial charge in [-0.3, -0.25) is 57.5 Å². The van der Waals surface area contributed by atoms with Gasteiger partial charge in [-0.15, -0.1) is 0 Å². The summed E-state index contributed by atoms with van der Waals surface area (Å²) in [5.41, 5.74) is -1.57. The maximum absolute atomic E-state index is 15.6. The molecule has 0 aromatic carbocycles. The summed E-state index contributed by atoms with van der Waals surface area (Å²) >= 11 is 0. The van der Waals surface area contributed by atoms with Crippen LogP contribution >= 0.6 is 0 Å². The lowest BCUT2D eigenvalue weighted by Gasteiger charge is -2.44. The number of likely N-dealkylation sites (N-methyl/N-ethyl adjacent to an activating group) is 6. The van der Waals surface area contributed by atoms with Crippen LogP contribution in [0.4, 0.5) is 17.6 Å². The molecule has 3 saturated heterocycles. The minimum Gasteiger partial charge on any atom is -0.347 e. The lowest BCUT2D eigenvalue weighted by Crippen LogP contribution is -2.65. The van der Waals surface area contributed by atoms with Crippen molar-refractivity contribution in [1.82, 2.24) is 60.5 Å². The molecule has 99 heavy (non-hydrogen) atoms. The normalized spacial score (nSPS) is 31.0. The third kappa shape index (κ3) is 19.3. The second kappa shape index (κ2) is 35.3. The van der Waals surface area contributed by atoms with E-state index in [1.54, 1.807) is 6.92 Å². The van der Waals surface area contributed by atoms with Crippen molar-refractivity contribution >= 4 is 70.9 Å². The predicted octanol–water partition coefficient (Wildman–Crippen LogP) is 5.62. The summed E-state index contributed by atoms with van der Waals surface area (Å²) in [6, 6.07) is -11.0. The summed E-state index contributed by atoms with van der Waals surface area (Å²) in [5, 5.41) is 11.5. The summed E-state index contributed by atoms with van der Waals surface area (Å²) in [6.07, 6.45) is 3.16. The van der Waals surface area contributed by atoms with Gasteiger partial charge >= 0.3 is 6.18 Å². The fourth-order valence-corrected chi connectivity index (χ4v) is 16.5. The van der Waals surface area contributed by atoms with Crippen LogP contribution in [-0.4, -0.2) is 251 Å². The van der Waals surface area contributed by atoms with Gasteiger partial charge < -0.3 is 60.5 Å². The lowest BCUT2D eigenvalue weighted by atomic mass is 9.78. The lowest BCUT2D eigenvalue weighted by molar-refractivity contribution is -0.201. The number of nitrogens with zero attached hydrogens (tertiary/aromatic N) is 8. The number of fused-ring (bicyclic) bond motifs is 2. The molecule has 0 bridgehead atoms. The Morgan fingerprint density at radius 3 is 1.86 bits per heavy atom. The highest BCUT2D eigenvalue weighted by atomic mass is 19.4. The van der Waals surface area contributed by atoms with Crippen molar-refractivity contribution in [3.63, 3.8) is 0 Å². The van der Waals surface area contributed by atoms with Gasteiger partial charge in [-0.25, -0.2) is 4.39 Å². The number of nitrogens with one attached hydrogen (secondary N) is 4. The Kier molecular flexibility index (Phi) is 28.4. The van der Waals surface area contributed by atoms with E-state index >= 15 is 23.6 Å². The van der Waals surface area contributed by atoms with E-state index in [9.17, 15) is 51.5 Å². The molecule has 4 aliphatic carbocycles. The fraction of sp³-hybridized carbons (Fsp3) is 0.831. The number of rotatable bonds is 13. The Hall–Kier alpha value is -6.64. The molecule has 28 heteroatoms. The summed E-state index contributed by atoms with van der Waals surface area (Å²) in [7, 11) is 10.1. The molecule has 24 nitrogen and oxygen atoms in total. The van der Waals surface area contributed by atoms with E-state index in [1.165, 1.54) is 90.6 Å². The van der Waals surface area contributed by atoms with Gasteiger partial charge in [-0.1, -0.05) is 104 Å². The quantitative estimate of drug-likeness (QED) is 0.129. The third-order valence-electron chi connectivity index (χ3n) is 23.1. The van der Waals surface area contributed by atoms with Crippen molar-refractivity contribution in [3.8, 4) is 0 Å². The second-order valence-electron chi connectivity index (χ2n) is 30.2. The first kappa shape index (κ1) is 79.7. The molecule has 7 aliphatic rings. The first-order chi connectivity index (χ1) is 46.8. The molecule has 0 aromatic rings. The Bertz CT molecular complexity index is 2890. The van der Waals surface area contributed by atoms with E-state index in [2.05, 4.69) is 21.3 Å². The topological polar surface area (TPSA) is 279 Å². The number of halogens is 4. The van der Waals surface area contributed by atoms with E-state index in [1.807, 2.05) is 13.8 Å². The summed E-state index contributed by atoms with van der Waals surface area (Å²) in [6.45, 7) is 6.59. The first-order valence-corrected chi connectivity index (χ1v) is 36.8. The Morgan fingerprint density at radius 1 is 0.616 bits per heavy atom. The number of carbonyl (C=O) groups excluding carboxylic acids is 12. The maximum Gasteiger partial charge on any atom is 0.394 e. The van der Waals surface area contributed by atoms with Crippen LogP contribution in [0.3, 0.4) is 0 Å². The predicted molar refractivity (Wildman–Crippen MR) is 361 cm³/mol. The third-order valence-corrected chi connectivity index (χ3v) is 23.1. The number of hydrogen-bond donors (Lipinski definition) is 4. The van der Waals surface area contributed by atoms with Crippen LogP contribution in [0.1, 0.15) is 207 Å². The highest BCUT2D eigenvalue weighted by Crippen LogP contribution is 2.43. The van der Waals surface area contributed by atoms with Crippen LogP contribution in [0.15, 0.2) is 0 Å². The van der Waals surface area contributed by atoms with Gasteiger partial charge in [-0.05, 0) is 120 Å². The van der Waals surface area contributed by atoms with Gasteiger partial charge in [0.1, 0.15) is 66.1 Å². The van der Waals surface area contributed by atoms with Gasteiger partial charge in [-0.2, -0.15) is 13.2 Å². The number of amides is 12. The van der Waals surface area contributed by atoms with Gasteiger partial charge in [0.2, 0.25) is 70.9 Å². The molecule has 4 saturated carbocycles. The molecule has 13 atom stereocenters. The zero-order chi connectivity index (χ0) is 73.0. The van der Waals surface area contributed by atoms with E-state index in [4.69, 9.17) is 0 Å². The molecule has 1 spiro atoms. The zero-order valence-electron chi connectivity index (χ0n) is 60.6. The van der Waals surface area contributed by atoms with Gasteiger partial charge in [0.25, 0.3) is 0 Å². The van der Waals surface area contributed by atoms with Crippen molar-refractivity contribution in [2.75, 3.05) is 69.0 Å². The Labute approximate surface area is 582 Å². The van der Waals surface area contributed by atoms with E-state index in [0.717, 1.165) is 56.3 Å². The van der Waals surface area contributed by atoms with Crippen LogP contribution in [0, 0.1) is 29.6 Å². The molecule has 12 amide bonds. The molecule has 3 aliphatic heterocycles. The van der Waals surface area contributed by atoms with Crippen molar-refractivity contribution in [1.29, 1.82) is 0 Å². The second-order valence-corrected chi connectivity index (χ2v) is 30.2. The number of unbranched alkanes of at least 4 members (excludes halogenated alkanes) is 2. The molecule has 3 heterocycles. The summed E-state index contributed by atoms with van der Waals surface area (Å²) < 4.78 is 56.9. The molecular weight excluding hydrogens is 1290 g/mol. The largest absolute Gasteiger partial charge is 0.394 e. The molecule has 7 rings (SSSR count). The number of carbonyl (C=O) groups is 12. The highest BCUT2D eigenvalue weighted by molar-refractivity contribution is 6.01. The first-order valence-electron chi connectivity index (χ1n) is 36.8. The molecule has 7 fully saturated rings. The Morgan fingerprint density at radius 2 is 1.26 bits per heavy atom. The Balaban J connectivity index is 1.26. The average molecular weight is 1400 g/mol. The van der Waals surface area contributed by atoms with Gasteiger partial charge in [0.15, 0.2) is 0 Å². The van der Waals surface area contributed by atoms with Crippen LogP contribution in [-0.2, 0) is 57.5 Å². The summed E-state index contributed by atoms with van der Waals surface area (Å²) in [5.74, 6) is -11.4. The van der Waals surface area contributed by atoms with Crippen LogP contribution in [0.2, 0.25) is 0 Å². The minimum atomic E-state index is -4.75. The number of alkyl halides is 4. The highest BCUT2D eigenvalue weighted by Gasteiger charge is 2.53. The van der Waals surface area contributed by atoms with Crippen molar-refractivity contribution in [2.45, 2.75) is 280 Å². The molecule has 4 N–H and O–H groups in total. The zero-order valence-corrected chi connectivity index (χ0v) is 60.6. The average Bonchev–Trinajstić information content (AvgIpc) is 1.76. The van der Waals surface area contributed by atoms with Gasteiger partial charge in [0, 0.05) is 62.4 Å². The molecule has 0 radical (unpaired) electrons. The van der Waals surface area contributed by atoms with E-state index in [0.29, 0.717) is 51.4 Å². The van der Waals surface area contributed by atoms with Crippen LogP contribution < -0.4 is 21.3 Å². The van der Waals surface area contributed by atoms with Crippen LogP contribution in [0.25, 0.3) is 0 Å². The van der Waals surface area contributed by atoms with Crippen molar-refractivity contribution < 1.29 is 75.1 Å². The molecule has 558 valence electrons. The van der Waals surface area contributed by atoms with Crippen molar-refractivity contribution in [2.24, 2.45) is 29.6 Å². The minimum absolute atomic E-state index is 0.00185. The van der Waals surface area contributed by atoms with Gasteiger partial charge in [0.05, 0.1) is 18.9 Å². The molecular formula is C71H114F4N12O12. The SMILES string of the molecule is CCCCC[C@H]1C(=O)N[C@@H]([C@@H](C)CC)C(=O)N[C@@H](C)C(=O)N2CC[C@H]2C(=O)N(C)[C@@H](CC2CCCCC2)C(=O)N(C)CC(=O)N[C@@H](CCC2CCC(C(F)(F)F)C(F)C2)C(=O)N2CCC[C@H]2C(=O)NC2(CCCC2)C(=O)N(C)[C@@H](C2CCCC2)C(=O)N(C)[C@H](C(=O)N(C)C)CC(=O)N1C. The van der Waals surface area contributed by atoms with Crippen LogP contribution in [0.5, 0.6) is 0 Å². The fourth-order valence-electron chi connectivity index (χ4n) is 16.5. The summed E-state index contributed by atoms with van der Waals surface area (Å²) in [4.78, 5) is 189. The van der Waals surface area contributed by atoms with Crippen molar-refractivity contribution in [3.05, 3.63) is 0 Å². The monoisotopic (exact) mass is 1400 g/mol. The van der Waals surface area contributed by atoms with E-state index < -0.39 is 193 Å². The van der Waals surface area contributed by atoms with E-state index in [-0.39, 0.29) is 76.8 Å². The standard InChI is InChI=1S/C71H114F4N12O12/c1-12-14-16-28-51-60(90)78-58(43(3)13-2)62(92)76-44(4)63(93)87-38-34-53(87)67(97)83(9)54(40-45-24-17-15-18-25-45)66(96)81(7)42-56(88)77-50(33-31-46-30-32-48(49(72)39-46)71(73,74)75)64(94)86-37-23-29-52(86)61(91)79-70(35-21-22-36-70)69(99)85(11)59(47-26-19-20-27-47)68(98)84(10)55(65(95)80(5)6)41-57(89)82(51)8/h43-55,58-59H,12-42H2,1-11H3,(H,76,92)(H,77,88)(H,78,90)(H,79,91)/t43-,44-,46?,48?,49?,50-,51-,52-,53-,54-,55-,58-,59-/m0/s1.